The van der Waals surface area contributed by atoms with E-state index in [1.54, 1.807) is 84.9 Å². The zero-order chi connectivity index (χ0) is 39.1. The number of thiophene rings is 2. The summed E-state index contributed by atoms with van der Waals surface area (Å²) in [5, 5.41) is 0. The summed E-state index contributed by atoms with van der Waals surface area (Å²) in [5.41, 5.74) is 0.121. The molecule has 0 N–H and O–H groups in total. The number of nitrogens with zero attached hydrogens (tertiary/aromatic N) is 2. The van der Waals surface area contributed by atoms with Gasteiger partial charge >= 0.3 is 17.8 Å². The average molecular weight is 779 g/mol. The molecule has 0 radical (unpaired) electrons. The van der Waals surface area contributed by atoms with Gasteiger partial charge in [-0.05, 0) is 71.8 Å². The molecule has 0 bridgehead atoms. The van der Waals surface area contributed by atoms with Gasteiger partial charge in [0.2, 0.25) is 0 Å². The molecule has 1 aliphatic carbocycles. The van der Waals surface area contributed by atoms with E-state index in [0.29, 0.717) is 32.0 Å². The second-order valence-corrected chi connectivity index (χ2v) is 15.4. The average Bonchev–Trinajstić information content (AvgIpc) is 3.82. The van der Waals surface area contributed by atoms with Crippen LogP contribution in [0.4, 0.5) is 37.7 Å². The van der Waals surface area contributed by atoms with Gasteiger partial charge in [-0.15, -0.1) is 22.7 Å². The zero-order valence-electron chi connectivity index (χ0n) is 30.0. The second kappa shape index (κ2) is 14.5. The predicted molar refractivity (Wildman–Crippen MR) is 215 cm³/mol. The van der Waals surface area contributed by atoms with Crippen molar-refractivity contribution in [1.29, 1.82) is 0 Å². The third kappa shape index (κ3) is 6.93. The first-order valence-electron chi connectivity index (χ1n) is 17.1. The fourth-order valence-corrected chi connectivity index (χ4v) is 8.25. The number of benzene rings is 4. The standard InChI is InChI=1S/C45H32F6N2S2/c1-52(2)33-21-15-29(16-22-33)19-25-37-35(27-39(54-37)31-11-7-5-8-12-31)41-42(44(48,49)45(50,51)43(41,46)47)36-28-40(32-13-9-6-10-14-32)55-38(36)26-20-30-17-23-34(24-18-30)53(3)4/h5-18,21-24,27-28H,1-4H3. The molecule has 276 valence electrons. The Labute approximate surface area is 324 Å². The first-order valence-corrected chi connectivity index (χ1v) is 18.7. The summed E-state index contributed by atoms with van der Waals surface area (Å²) in [6.07, 6.45) is 0. The SMILES string of the molecule is CN(C)c1ccc(C#Cc2sc(-c3ccccc3)cc2C2=C(c3cc(-c4ccccc4)sc3C#Cc3ccc(N(C)C)cc3)C(F)(F)C(F)(F)C2(F)F)cc1. The number of hydrogen-bond acceptors (Lipinski definition) is 4. The van der Waals surface area contributed by atoms with Gasteiger partial charge in [0.1, 0.15) is 0 Å². The van der Waals surface area contributed by atoms with E-state index in [1.807, 2.05) is 62.3 Å². The van der Waals surface area contributed by atoms with Crippen molar-refractivity contribution in [1.82, 2.24) is 0 Å². The van der Waals surface area contributed by atoms with Crippen LogP contribution < -0.4 is 9.80 Å². The normalized spacial score (nSPS) is 15.2. The summed E-state index contributed by atoms with van der Waals surface area (Å²) in [4.78, 5) is 4.49. The van der Waals surface area contributed by atoms with Crippen LogP contribution >= 0.6 is 22.7 Å². The molecule has 2 nitrogen and oxygen atoms in total. The summed E-state index contributed by atoms with van der Waals surface area (Å²) >= 11 is 1.95. The highest BCUT2D eigenvalue weighted by Crippen LogP contribution is 2.66. The third-order valence-corrected chi connectivity index (χ3v) is 11.4. The van der Waals surface area contributed by atoms with Gasteiger partial charge in [0.15, 0.2) is 0 Å². The molecule has 0 atom stereocenters. The monoisotopic (exact) mass is 778 g/mol. The number of halogens is 6. The molecule has 6 aromatic rings. The van der Waals surface area contributed by atoms with Crippen LogP contribution in [0.3, 0.4) is 0 Å². The van der Waals surface area contributed by atoms with E-state index >= 15 is 26.3 Å². The minimum Gasteiger partial charge on any atom is -0.378 e. The van der Waals surface area contributed by atoms with E-state index in [9.17, 15) is 0 Å². The molecule has 0 spiro atoms. The van der Waals surface area contributed by atoms with Crippen LogP contribution in [0.25, 0.3) is 32.0 Å². The molecule has 0 aliphatic heterocycles. The van der Waals surface area contributed by atoms with E-state index < -0.39 is 40.0 Å². The smallest absolute Gasteiger partial charge is 0.378 e. The van der Waals surface area contributed by atoms with E-state index in [4.69, 9.17) is 0 Å². The fourth-order valence-electron chi connectivity index (χ4n) is 6.20. The molecule has 0 saturated carbocycles. The first-order chi connectivity index (χ1) is 26.2. The Hall–Kier alpha value is -5.68. The van der Waals surface area contributed by atoms with Crippen molar-refractivity contribution in [2.24, 2.45) is 0 Å². The zero-order valence-corrected chi connectivity index (χ0v) is 31.7. The molecule has 7 rings (SSSR count). The fraction of sp³-hybridized carbons (Fsp3) is 0.156. The minimum atomic E-state index is -5.77. The van der Waals surface area contributed by atoms with Crippen molar-refractivity contribution in [2.75, 3.05) is 38.0 Å². The van der Waals surface area contributed by atoms with E-state index in [2.05, 4.69) is 23.7 Å². The first kappa shape index (κ1) is 37.6. The topological polar surface area (TPSA) is 6.48 Å². The van der Waals surface area contributed by atoms with Crippen molar-refractivity contribution >= 4 is 45.2 Å². The molecule has 0 saturated heterocycles. The maximum absolute atomic E-state index is 16.4. The van der Waals surface area contributed by atoms with Gasteiger partial charge < -0.3 is 9.80 Å². The summed E-state index contributed by atoms with van der Waals surface area (Å²) in [7, 11) is 7.49. The summed E-state index contributed by atoms with van der Waals surface area (Å²) in [6, 6.07) is 34.1. The van der Waals surface area contributed by atoms with Gasteiger partial charge in [0, 0.05) is 82.7 Å². The molecule has 0 unspecified atom stereocenters. The molecule has 0 fully saturated rings. The Bertz CT molecular complexity index is 2330. The highest BCUT2D eigenvalue weighted by atomic mass is 32.1. The maximum Gasteiger partial charge on any atom is 0.380 e. The Morgan fingerprint density at radius 3 is 1.13 bits per heavy atom. The van der Waals surface area contributed by atoms with Crippen molar-refractivity contribution in [2.45, 2.75) is 17.8 Å². The van der Waals surface area contributed by atoms with Crippen LogP contribution in [-0.4, -0.2) is 46.0 Å². The second-order valence-electron chi connectivity index (χ2n) is 13.3. The number of allylic oxidation sites excluding steroid dienone is 2. The molecule has 10 heteroatoms. The van der Waals surface area contributed by atoms with Crippen LogP contribution in [0.1, 0.15) is 32.0 Å². The van der Waals surface area contributed by atoms with Gasteiger partial charge in [-0.3, -0.25) is 0 Å². The Morgan fingerprint density at radius 2 is 0.800 bits per heavy atom. The molecule has 0 amide bonds. The highest BCUT2D eigenvalue weighted by Gasteiger charge is 2.80. The third-order valence-electron chi connectivity index (χ3n) is 9.19. The Kier molecular flexibility index (Phi) is 9.93. The summed E-state index contributed by atoms with van der Waals surface area (Å²) < 4.78 is 97.3. The van der Waals surface area contributed by atoms with Crippen molar-refractivity contribution in [3.63, 3.8) is 0 Å². The molecule has 2 heterocycles. The van der Waals surface area contributed by atoms with Gasteiger partial charge in [-0.1, -0.05) is 84.3 Å². The van der Waals surface area contributed by atoms with Gasteiger partial charge in [0.05, 0.1) is 9.75 Å². The minimum absolute atomic E-state index is 0.0525. The lowest BCUT2D eigenvalue weighted by Crippen LogP contribution is -2.48. The van der Waals surface area contributed by atoms with Crippen LogP contribution in [-0.2, 0) is 0 Å². The highest BCUT2D eigenvalue weighted by molar-refractivity contribution is 7.16. The van der Waals surface area contributed by atoms with Gasteiger partial charge in [-0.2, -0.15) is 26.3 Å². The molecule has 55 heavy (non-hydrogen) atoms. The van der Waals surface area contributed by atoms with Gasteiger partial charge in [0.25, 0.3) is 0 Å². The van der Waals surface area contributed by atoms with E-state index in [0.717, 1.165) is 34.0 Å². The lowest BCUT2D eigenvalue weighted by molar-refractivity contribution is -0.254. The van der Waals surface area contributed by atoms with Crippen LogP contribution in [0.15, 0.2) is 121 Å². The largest absolute Gasteiger partial charge is 0.380 e. The number of anilines is 2. The number of hydrogen-bond donors (Lipinski definition) is 0. The maximum atomic E-state index is 16.4. The lowest BCUT2D eigenvalue weighted by atomic mass is 9.94. The van der Waals surface area contributed by atoms with Crippen LogP contribution in [0, 0.1) is 23.7 Å². The van der Waals surface area contributed by atoms with Crippen molar-refractivity contribution in [3.8, 4) is 44.6 Å². The van der Waals surface area contributed by atoms with Gasteiger partial charge in [-0.25, -0.2) is 0 Å². The number of alkyl halides is 6. The predicted octanol–water partition coefficient (Wildman–Crippen LogP) is 11.9. The summed E-state index contributed by atoms with van der Waals surface area (Å²) in [6.45, 7) is 0. The Balaban J connectivity index is 1.49. The Morgan fingerprint density at radius 1 is 0.455 bits per heavy atom. The van der Waals surface area contributed by atoms with Crippen molar-refractivity contribution < 1.29 is 26.3 Å². The van der Waals surface area contributed by atoms with Crippen molar-refractivity contribution in [3.05, 3.63) is 153 Å². The molecule has 2 aromatic heterocycles. The van der Waals surface area contributed by atoms with E-state index in [-0.39, 0.29) is 9.75 Å². The lowest BCUT2D eigenvalue weighted by Gasteiger charge is -2.25. The quantitative estimate of drug-likeness (QED) is 0.123. The summed E-state index contributed by atoms with van der Waals surface area (Å²) in [5.74, 6) is -4.69. The van der Waals surface area contributed by atoms with E-state index in [1.165, 1.54) is 12.1 Å². The number of rotatable bonds is 6. The molecule has 1 aliphatic rings. The van der Waals surface area contributed by atoms with Crippen LogP contribution in [0.2, 0.25) is 0 Å². The van der Waals surface area contributed by atoms with Crippen LogP contribution in [0.5, 0.6) is 0 Å². The molecule has 4 aromatic carbocycles. The molecular weight excluding hydrogens is 747 g/mol. The molecular formula is C45H32F6N2S2.